The molecule has 1 aliphatic rings. The molecule has 0 radical (unpaired) electrons. The van der Waals surface area contributed by atoms with Gasteiger partial charge in [-0.1, -0.05) is 23.5 Å². The fourth-order valence-electron chi connectivity index (χ4n) is 3.80. The number of anilines is 1. The monoisotopic (exact) mass is 452 g/mol. The number of hydrogen-bond donors (Lipinski definition) is 2. The van der Waals surface area contributed by atoms with Crippen molar-refractivity contribution in [1.82, 2.24) is 15.2 Å². The molecule has 0 unspecified atom stereocenters. The third-order valence-corrected chi connectivity index (χ3v) is 6.49. The van der Waals surface area contributed by atoms with Gasteiger partial charge >= 0.3 is 5.97 Å². The summed E-state index contributed by atoms with van der Waals surface area (Å²) in [5, 5.41) is 3.37. The number of nitrogens with zero attached hydrogens (tertiary/aromatic N) is 2. The van der Waals surface area contributed by atoms with Crippen LogP contribution in [0.4, 0.5) is 5.13 Å². The molecule has 4 rings (SSSR count). The van der Waals surface area contributed by atoms with E-state index in [2.05, 4.69) is 10.3 Å². The Morgan fingerprint density at radius 3 is 2.50 bits per heavy atom. The van der Waals surface area contributed by atoms with Gasteiger partial charge in [-0.05, 0) is 48.7 Å². The number of fused-ring (bicyclic) bond motifs is 1. The van der Waals surface area contributed by atoms with E-state index in [1.165, 1.54) is 18.4 Å². The Hall–Kier alpha value is -3.46. The van der Waals surface area contributed by atoms with Gasteiger partial charge in [0.2, 0.25) is 0 Å². The molecule has 1 saturated heterocycles. The average Bonchev–Trinajstić information content (AvgIpc) is 3.21. The van der Waals surface area contributed by atoms with Gasteiger partial charge in [-0.15, -0.1) is 0 Å². The molecular weight excluding hydrogens is 428 g/mol. The summed E-state index contributed by atoms with van der Waals surface area (Å²) >= 11 is 1.34. The van der Waals surface area contributed by atoms with E-state index < -0.39 is 0 Å². The van der Waals surface area contributed by atoms with Crippen LogP contribution in [0.2, 0.25) is 0 Å². The number of methoxy groups -OCH3 is 1. The Morgan fingerprint density at radius 2 is 1.81 bits per heavy atom. The summed E-state index contributed by atoms with van der Waals surface area (Å²) in [6.45, 7) is 1.42. The quantitative estimate of drug-likeness (QED) is 0.576. The molecule has 166 valence electrons. The molecule has 0 atom stereocenters. The van der Waals surface area contributed by atoms with Crippen molar-refractivity contribution in [3.63, 3.8) is 0 Å². The van der Waals surface area contributed by atoms with E-state index in [9.17, 15) is 14.4 Å². The number of carbonyl (C=O) groups excluding carboxylic acids is 3. The standard InChI is InChI=1S/C23H24N4O4S/c1-31-22(30)16-8-10-27(11-9-16)21(29)15-4-2-14(3-5-15)13-25-20(28)17-6-7-18-19(12-17)32-23(24)26-18/h2-7,12,16H,8-11,13H2,1H3,(H2,24,26)(H,25,28). The minimum Gasteiger partial charge on any atom is -0.469 e. The molecular formula is C23H24N4O4S. The molecule has 0 bridgehead atoms. The minimum absolute atomic E-state index is 0.0546. The zero-order valence-corrected chi connectivity index (χ0v) is 18.5. The van der Waals surface area contributed by atoms with Crippen molar-refractivity contribution >= 4 is 44.5 Å². The Bertz CT molecular complexity index is 1150. The molecule has 3 aromatic rings. The third-order valence-electron chi connectivity index (χ3n) is 5.64. The SMILES string of the molecule is COC(=O)C1CCN(C(=O)c2ccc(CNC(=O)c3ccc4nc(N)sc4c3)cc2)CC1. The summed E-state index contributed by atoms with van der Waals surface area (Å²) in [6, 6.07) is 12.5. The summed E-state index contributed by atoms with van der Waals surface area (Å²) in [6.07, 6.45) is 1.23. The number of nitrogens with two attached hydrogens (primary N) is 1. The lowest BCUT2D eigenvalue weighted by Gasteiger charge is -2.30. The van der Waals surface area contributed by atoms with Crippen LogP contribution in [0.25, 0.3) is 10.2 Å². The van der Waals surface area contributed by atoms with Crippen molar-refractivity contribution in [3.05, 3.63) is 59.2 Å². The second-order valence-corrected chi connectivity index (χ2v) is 8.77. The number of benzene rings is 2. The summed E-state index contributed by atoms with van der Waals surface area (Å²) in [5.74, 6) is -0.586. The molecule has 1 aliphatic heterocycles. The number of nitrogens with one attached hydrogen (secondary N) is 1. The maximum atomic E-state index is 12.7. The maximum Gasteiger partial charge on any atom is 0.308 e. The number of esters is 1. The second-order valence-electron chi connectivity index (χ2n) is 7.70. The summed E-state index contributed by atoms with van der Waals surface area (Å²) in [4.78, 5) is 42.8. The highest BCUT2D eigenvalue weighted by Gasteiger charge is 2.28. The highest BCUT2D eigenvalue weighted by molar-refractivity contribution is 7.22. The molecule has 8 nitrogen and oxygen atoms in total. The van der Waals surface area contributed by atoms with E-state index in [0.29, 0.717) is 48.7 Å². The summed E-state index contributed by atoms with van der Waals surface area (Å²) in [7, 11) is 1.39. The van der Waals surface area contributed by atoms with E-state index in [1.807, 2.05) is 12.1 Å². The van der Waals surface area contributed by atoms with Gasteiger partial charge in [0.1, 0.15) is 0 Å². The number of aromatic nitrogens is 1. The van der Waals surface area contributed by atoms with Crippen molar-refractivity contribution in [3.8, 4) is 0 Å². The molecule has 1 fully saturated rings. The number of nitrogen functional groups attached to an aromatic ring is 1. The van der Waals surface area contributed by atoms with Crippen LogP contribution in [-0.2, 0) is 16.1 Å². The molecule has 0 aliphatic carbocycles. The summed E-state index contributed by atoms with van der Waals surface area (Å²) in [5.41, 5.74) is 8.52. The van der Waals surface area contributed by atoms with Crippen LogP contribution in [0.15, 0.2) is 42.5 Å². The van der Waals surface area contributed by atoms with E-state index in [1.54, 1.807) is 35.2 Å². The van der Waals surface area contributed by atoms with E-state index in [4.69, 9.17) is 10.5 Å². The van der Waals surface area contributed by atoms with Gasteiger partial charge in [-0.2, -0.15) is 0 Å². The summed E-state index contributed by atoms with van der Waals surface area (Å²) < 4.78 is 5.66. The third kappa shape index (κ3) is 4.72. The minimum atomic E-state index is -0.209. The van der Waals surface area contributed by atoms with Crippen molar-refractivity contribution in [2.45, 2.75) is 19.4 Å². The smallest absolute Gasteiger partial charge is 0.308 e. The van der Waals surface area contributed by atoms with Crippen LogP contribution >= 0.6 is 11.3 Å². The molecule has 9 heteroatoms. The first-order valence-electron chi connectivity index (χ1n) is 10.3. The fourth-order valence-corrected chi connectivity index (χ4v) is 4.57. The van der Waals surface area contributed by atoms with Crippen molar-refractivity contribution in [2.75, 3.05) is 25.9 Å². The van der Waals surface area contributed by atoms with Crippen LogP contribution in [-0.4, -0.2) is 47.9 Å². The van der Waals surface area contributed by atoms with Gasteiger partial charge in [-0.25, -0.2) is 4.98 Å². The number of likely N-dealkylation sites (tertiary alicyclic amines) is 1. The predicted molar refractivity (Wildman–Crippen MR) is 122 cm³/mol. The Labute approximate surface area is 189 Å². The van der Waals surface area contributed by atoms with Gasteiger partial charge < -0.3 is 20.7 Å². The van der Waals surface area contributed by atoms with Crippen molar-refractivity contribution < 1.29 is 19.1 Å². The predicted octanol–water partition coefficient (Wildman–Crippen LogP) is 2.83. The second kappa shape index (κ2) is 9.35. The van der Waals surface area contributed by atoms with Gasteiger partial charge in [0.05, 0.1) is 23.2 Å². The molecule has 1 aromatic heterocycles. The lowest BCUT2D eigenvalue weighted by Crippen LogP contribution is -2.40. The Morgan fingerprint density at radius 1 is 1.12 bits per heavy atom. The zero-order valence-electron chi connectivity index (χ0n) is 17.7. The Balaban J connectivity index is 1.32. The number of amides is 2. The number of thiazole rings is 1. The Kier molecular flexibility index (Phi) is 6.36. The van der Waals surface area contributed by atoms with Crippen LogP contribution in [0, 0.1) is 5.92 Å². The topological polar surface area (TPSA) is 115 Å². The first-order valence-corrected chi connectivity index (χ1v) is 11.2. The maximum absolute atomic E-state index is 12.7. The fraction of sp³-hybridized carbons (Fsp3) is 0.304. The van der Waals surface area contributed by atoms with Crippen molar-refractivity contribution in [2.24, 2.45) is 5.92 Å². The first-order chi connectivity index (χ1) is 15.4. The molecule has 0 spiro atoms. The molecule has 3 N–H and O–H groups in total. The van der Waals surface area contributed by atoms with Gasteiger partial charge in [0, 0.05) is 30.8 Å². The van der Waals surface area contributed by atoms with E-state index in [-0.39, 0.29) is 23.7 Å². The van der Waals surface area contributed by atoms with Crippen LogP contribution < -0.4 is 11.1 Å². The number of ether oxygens (including phenoxy) is 1. The van der Waals surface area contributed by atoms with Crippen LogP contribution in [0.1, 0.15) is 39.1 Å². The molecule has 0 saturated carbocycles. The largest absolute Gasteiger partial charge is 0.469 e. The molecule has 2 aromatic carbocycles. The molecule has 32 heavy (non-hydrogen) atoms. The number of rotatable bonds is 5. The van der Waals surface area contributed by atoms with Gasteiger partial charge in [0.25, 0.3) is 11.8 Å². The lowest BCUT2D eigenvalue weighted by atomic mass is 9.96. The molecule has 2 amide bonds. The molecule has 2 heterocycles. The highest BCUT2D eigenvalue weighted by Crippen LogP contribution is 2.24. The normalized spacial score (nSPS) is 14.3. The van der Waals surface area contributed by atoms with E-state index in [0.717, 1.165) is 15.8 Å². The lowest BCUT2D eigenvalue weighted by molar-refractivity contribution is -0.146. The van der Waals surface area contributed by atoms with Crippen molar-refractivity contribution in [1.29, 1.82) is 0 Å². The van der Waals surface area contributed by atoms with Gasteiger partial charge in [-0.3, -0.25) is 14.4 Å². The number of carbonyl (C=O) groups is 3. The van der Waals surface area contributed by atoms with E-state index >= 15 is 0 Å². The zero-order chi connectivity index (χ0) is 22.7. The van der Waals surface area contributed by atoms with Crippen LogP contribution in [0.5, 0.6) is 0 Å². The van der Waals surface area contributed by atoms with Crippen LogP contribution in [0.3, 0.4) is 0 Å². The number of piperidine rings is 1. The number of hydrogen-bond acceptors (Lipinski definition) is 7. The first kappa shape index (κ1) is 21.8. The average molecular weight is 453 g/mol. The van der Waals surface area contributed by atoms with Gasteiger partial charge in [0.15, 0.2) is 5.13 Å². The highest BCUT2D eigenvalue weighted by atomic mass is 32.1.